The SMILES string of the molecule is CC(N)C(=O)NC(CC(N)=O)C(=O)NC(CO)C(=O)NC(C(=O)O)C(C)O. The van der Waals surface area contributed by atoms with Gasteiger partial charge in [0, 0.05) is 0 Å². The van der Waals surface area contributed by atoms with E-state index < -0.39 is 72.9 Å². The molecule has 10 N–H and O–H groups in total. The summed E-state index contributed by atoms with van der Waals surface area (Å²) in [4.78, 5) is 58.0. The van der Waals surface area contributed by atoms with Crippen LogP contribution in [0.1, 0.15) is 20.3 Å². The fourth-order valence-corrected chi connectivity index (χ4v) is 1.82. The van der Waals surface area contributed by atoms with Crippen LogP contribution in [0.3, 0.4) is 0 Å². The summed E-state index contributed by atoms with van der Waals surface area (Å²) >= 11 is 0. The van der Waals surface area contributed by atoms with Gasteiger partial charge in [-0.3, -0.25) is 19.2 Å². The molecule has 13 nitrogen and oxygen atoms in total. The van der Waals surface area contributed by atoms with Crippen molar-refractivity contribution in [1.29, 1.82) is 0 Å². The van der Waals surface area contributed by atoms with Gasteiger partial charge in [0.2, 0.25) is 23.6 Å². The third-order valence-electron chi connectivity index (χ3n) is 3.31. The van der Waals surface area contributed by atoms with Crippen molar-refractivity contribution in [3.8, 4) is 0 Å². The monoisotopic (exact) mass is 391 g/mol. The van der Waals surface area contributed by atoms with Crippen LogP contribution in [0.5, 0.6) is 0 Å². The fraction of sp³-hybridized carbons (Fsp3) is 0.643. The first-order chi connectivity index (χ1) is 12.4. The largest absolute Gasteiger partial charge is 0.480 e. The van der Waals surface area contributed by atoms with Crippen LogP contribution in [0.2, 0.25) is 0 Å². The third kappa shape index (κ3) is 8.44. The summed E-state index contributed by atoms with van der Waals surface area (Å²) in [5, 5.41) is 33.7. The predicted molar refractivity (Wildman–Crippen MR) is 89.7 cm³/mol. The van der Waals surface area contributed by atoms with E-state index in [1.807, 2.05) is 5.32 Å². The number of carbonyl (C=O) groups excluding carboxylic acids is 4. The molecule has 0 aromatic rings. The van der Waals surface area contributed by atoms with Gasteiger partial charge < -0.3 is 42.7 Å². The van der Waals surface area contributed by atoms with Crippen LogP contribution in [0, 0.1) is 0 Å². The number of amides is 4. The average molecular weight is 391 g/mol. The number of aliphatic hydroxyl groups is 2. The Hall–Kier alpha value is -2.77. The van der Waals surface area contributed by atoms with Crippen LogP contribution < -0.4 is 27.4 Å². The van der Waals surface area contributed by atoms with Crippen molar-refractivity contribution < 1.29 is 39.3 Å². The van der Waals surface area contributed by atoms with Gasteiger partial charge in [0.05, 0.1) is 25.2 Å². The van der Waals surface area contributed by atoms with Crippen molar-refractivity contribution in [3.05, 3.63) is 0 Å². The summed E-state index contributed by atoms with van der Waals surface area (Å²) < 4.78 is 0. The molecule has 0 aromatic heterocycles. The van der Waals surface area contributed by atoms with Crippen LogP contribution in [0.25, 0.3) is 0 Å². The minimum atomic E-state index is -1.68. The number of primary amides is 1. The van der Waals surface area contributed by atoms with Crippen LogP contribution in [0.4, 0.5) is 0 Å². The number of hydrogen-bond donors (Lipinski definition) is 8. The molecule has 0 aliphatic heterocycles. The summed E-state index contributed by atoms with van der Waals surface area (Å²) in [5.74, 6) is -5.35. The van der Waals surface area contributed by atoms with Crippen molar-refractivity contribution in [2.45, 2.75) is 50.5 Å². The summed E-state index contributed by atoms with van der Waals surface area (Å²) in [6, 6.07) is -5.74. The highest BCUT2D eigenvalue weighted by atomic mass is 16.4. The Morgan fingerprint density at radius 3 is 1.78 bits per heavy atom. The second kappa shape index (κ2) is 11.1. The van der Waals surface area contributed by atoms with Crippen LogP contribution in [-0.4, -0.2) is 81.8 Å². The lowest BCUT2D eigenvalue weighted by molar-refractivity contribution is -0.145. The Labute approximate surface area is 154 Å². The van der Waals surface area contributed by atoms with E-state index in [2.05, 4.69) is 10.6 Å². The second-order valence-electron chi connectivity index (χ2n) is 5.83. The molecule has 0 aromatic carbocycles. The molecule has 0 radical (unpaired) electrons. The number of nitrogens with one attached hydrogen (secondary N) is 3. The number of carboxylic acid groups (broad SMARTS) is 1. The smallest absolute Gasteiger partial charge is 0.328 e. The summed E-state index contributed by atoms with van der Waals surface area (Å²) in [5.41, 5.74) is 10.4. The number of carboxylic acids is 1. The van der Waals surface area contributed by atoms with Gasteiger partial charge in [-0.15, -0.1) is 0 Å². The molecule has 0 saturated carbocycles. The molecule has 4 amide bonds. The van der Waals surface area contributed by atoms with E-state index in [0.29, 0.717) is 0 Å². The Morgan fingerprint density at radius 1 is 0.926 bits per heavy atom. The molecule has 0 saturated heterocycles. The predicted octanol–water partition coefficient (Wildman–Crippen LogP) is -4.88. The van der Waals surface area contributed by atoms with Gasteiger partial charge in [0.15, 0.2) is 6.04 Å². The number of aliphatic carboxylic acids is 1. The summed E-state index contributed by atoms with van der Waals surface area (Å²) in [6.07, 6.45) is -2.05. The zero-order valence-electron chi connectivity index (χ0n) is 14.8. The molecule has 0 heterocycles. The van der Waals surface area contributed by atoms with Gasteiger partial charge in [0.25, 0.3) is 0 Å². The number of aliphatic hydroxyl groups excluding tert-OH is 2. The van der Waals surface area contributed by atoms with Crippen molar-refractivity contribution in [1.82, 2.24) is 16.0 Å². The molecule has 0 bridgehead atoms. The molecule has 5 unspecified atom stereocenters. The molecule has 0 aliphatic carbocycles. The normalized spacial score (nSPS) is 16.2. The average Bonchev–Trinajstić information content (AvgIpc) is 2.54. The highest BCUT2D eigenvalue weighted by Crippen LogP contribution is 1.98. The van der Waals surface area contributed by atoms with Crippen LogP contribution in [0.15, 0.2) is 0 Å². The van der Waals surface area contributed by atoms with Crippen LogP contribution in [-0.2, 0) is 24.0 Å². The topological polar surface area (TPSA) is 234 Å². The van der Waals surface area contributed by atoms with Gasteiger partial charge in [-0.25, -0.2) is 4.79 Å². The van der Waals surface area contributed by atoms with E-state index in [0.717, 1.165) is 6.92 Å². The molecule has 13 heteroatoms. The molecule has 0 spiro atoms. The van der Waals surface area contributed by atoms with Crippen LogP contribution >= 0.6 is 0 Å². The zero-order valence-corrected chi connectivity index (χ0v) is 14.8. The molecule has 27 heavy (non-hydrogen) atoms. The quantitative estimate of drug-likeness (QED) is 0.168. The number of hydrogen-bond acceptors (Lipinski definition) is 8. The Bertz CT molecular complexity index is 580. The third-order valence-corrected chi connectivity index (χ3v) is 3.31. The Morgan fingerprint density at radius 2 is 1.41 bits per heavy atom. The zero-order chi connectivity index (χ0) is 21.3. The molecular formula is C14H25N5O8. The lowest BCUT2D eigenvalue weighted by Gasteiger charge is -2.24. The first kappa shape index (κ1) is 24.2. The first-order valence-electron chi connectivity index (χ1n) is 7.87. The van der Waals surface area contributed by atoms with E-state index in [1.54, 1.807) is 0 Å². The summed E-state index contributed by atoms with van der Waals surface area (Å²) in [6.45, 7) is 1.53. The second-order valence-corrected chi connectivity index (χ2v) is 5.83. The minimum absolute atomic E-state index is 0.602. The number of carbonyl (C=O) groups is 5. The highest BCUT2D eigenvalue weighted by Gasteiger charge is 2.31. The molecule has 0 aliphatic rings. The lowest BCUT2D eigenvalue weighted by Crippen LogP contribution is -2.59. The fourth-order valence-electron chi connectivity index (χ4n) is 1.82. The van der Waals surface area contributed by atoms with Gasteiger partial charge in [-0.2, -0.15) is 0 Å². The number of nitrogens with two attached hydrogens (primary N) is 2. The first-order valence-corrected chi connectivity index (χ1v) is 7.87. The minimum Gasteiger partial charge on any atom is -0.480 e. The van der Waals surface area contributed by atoms with E-state index in [1.165, 1.54) is 6.92 Å². The molecular weight excluding hydrogens is 366 g/mol. The van der Waals surface area contributed by atoms with Gasteiger partial charge in [-0.05, 0) is 13.8 Å². The lowest BCUT2D eigenvalue weighted by atomic mass is 10.1. The van der Waals surface area contributed by atoms with Gasteiger partial charge in [-0.1, -0.05) is 0 Å². The van der Waals surface area contributed by atoms with E-state index in [9.17, 15) is 34.2 Å². The molecule has 154 valence electrons. The van der Waals surface area contributed by atoms with Gasteiger partial charge >= 0.3 is 5.97 Å². The molecule has 0 rings (SSSR count). The highest BCUT2D eigenvalue weighted by molar-refractivity contribution is 5.96. The Kier molecular flexibility index (Phi) is 9.92. The van der Waals surface area contributed by atoms with E-state index >= 15 is 0 Å². The molecule has 5 atom stereocenters. The Balaban J connectivity index is 5.17. The van der Waals surface area contributed by atoms with Crippen molar-refractivity contribution >= 4 is 29.6 Å². The maximum atomic E-state index is 12.2. The maximum Gasteiger partial charge on any atom is 0.328 e. The van der Waals surface area contributed by atoms with E-state index in [4.69, 9.17) is 16.6 Å². The van der Waals surface area contributed by atoms with E-state index in [-0.39, 0.29) is 0 Å². The standard InChI is InChI=1S/C14H25N5O8/c1-5(15)11(23)17-7(3-9(16)22)12(24)18-8(4-20)13(25)19-10(6(2)21)14(26)27/h5-8,10,20-21H,3-4,15H2,1-2H3,(H2,16,22)(H,17,23)(H,18,24)(H,19,25)(H,26,27). The molecule has 0 fully saturated rings. The number of rotatable bonds is 11. The van der Waals surface area contributed by atoms with Crippen molar-refractivity contribution in [2.24, 2.45) is 11.5 Å². The maximum absolute atomic E-state index is 12.2. The van der Waals surface area contributed by atoms with Gasteiger partial charge in [0.1, 0.15) is 12.1 Å². The summed E-state index contributed by atoms with van der Waals surface area (Å²) in [7, 11) is 0. The van der Waals surface area contributed by atoms with Crippen molar-refractivity contribution in [2.75, 3.05) is 6.61 Å². The van der Waals surface area contributed by atoms with Crippen molar-refractivity contribution in [3.63, 3.8) is 0 Å².